The molecule has 1 amide bonds. The minimum absolute atomic E-state index is 0.0100. The van der Waals surface area contributed by atoms with E-state index in [1.54, 1.807) is 4.90 Å². The standard InChI is InChI=1S/C14H16F2N2O3/c15-10-2-1-3-11(16)14(10)17-12(19)8-18-5-4-9(7-18)6-13(20)21/h1-3,9H,4-8H2,(H,17,19)(H,20,21). The fraction of sp³-hybridized carbons (Fsp3) is 0.429. The number of halogens is 2. The van der Waals surface area contributed by atoms with Crippen molar-refractivity contribution >= 4 is 17.6 Å². The zero-order valence-electron chi connectivity index (χ0n) is 11.3. The lowest BCUT2D eigenvalue weighted by molar-refractivity contribution is -0.138. The Kier molecular flexibility index (Phi) is 4.85. The van der Waals surface area contributed by atoms with Gasteiger partial charge in [-0.15, -0.1) is 0 Å². The number of hydrogen-bond acceptors (Lipinski definition) is 3. The van der Waals surface area contributed by atoms with Crippen LogP contribution in [0.4, 0.5) is 14.5 Å². The van der Waals surface area contributed by atoms with Crippen LogP contribution in [0.5, 0.6) is 0 Å². The third-order valence-corrected chi connectivity index (χ3v) is 3.43. The van der Waals surface area contributed by atoms with Gasteiger partial charge in [-0.1, -0.05) is 6.07 Å². The molecule has 0 saturated carbocycles. The largest absolute Gasteiger partial charge is 0.481 e. The first-order valence-electron chi connectivity index (χ1n) is 6.63. The normalized spacial score (nSPS) is 18.7. The average Bonchev–Trinajstić information content (AvgIpc) is 2.80. The molecule has 0 bridgehead atoms. The van der Waals surface area contributed by atoms with Gasteiger partial charge in [-0.05, 0) is 31.0 Å². The van der Waals surface area contributed by atoms with Gasteiger partial charge in [-0.2, -0.15) is 0 Å². The molecule has 0 radical (unpaired) electrons. The van der Waals surface area contributed by atoms with E-state index in [4.69, 9.17) is 5.11 Å². The summed E-state index contributed by atoms with van der Waals surface area (Å²) < 4.78 is 26.8. The topological polar surface area (TPSA) is 69.6 Å². The summed E-state index contributed by atoms with van der Waals surface area (Å²) in [5.74, 6) is -3.02. The van der Waals surface area contributed by atoms with Gasteiger partial charge in [0, 0.05) is 13.0 Å². The van der Waals surface area contributed by atoms with Gasteiger partial charge in [0.1, 0.15) is 17.3 Å². The summed E-state index contributed by atoms with van der Waals surface area (Å²) in [6.45, 7) is 1.09. The third kappa shape index (κ3) is 4.22. The van der Waals surface area contributed by atoms with E-state index in [9.17, 15) is 18.4 Å². The Balaban J connectivity index is 1.87. The third-order valence-electron chi connectivity index (χ3n) is 3.43. The van der Waals surface area contributed by atoms with Crippen LogP contribution in [-0.4, -0.2) is 41.5 Å². The van der Waals surface area contributed by atoms with Crippen molar-refractivity contribution in [3.8, 4) is 0 Å². The van der Waals surface area contributed by atoms with Crippen molar-refractivity contribution in [3.63, 3.8) is 0 Å². The molecule has 114 valence electrons. The summed E-state index contributed by atoms with van der Waals surface area (Å²) >= 11 is 0. The van der Waals surface area contributed by atoms with Crippen molar-refractivity contribution < 1.29 is 23.5 Å². The van der Waals surface area contributed by atoms with Crippen LogP contribution in [0.25, 0.3) is 0 Å². The fourth-order valence-corrected chi connectivity index (χ4v) is 2.47. The monoisotopic (exact) mass is 298 g/mol. The number of anilines is 1. The van der Waals surface area contributed by atoms with Crippen LogP contribution in [0, 0.1) is 17.6 Å². The molecule has 0 aliphatic carbocycles. The Labute approximate surface area is 120 Å². The van der Waals surface area contributed by atoms with Gasteiger partial charge in [0.25, 0.3) is 0 Å². The van der Waals surface area contributed by atoms with E-state index in [1.165, 1.54) is 6.07 Å². The highest BCUT2D eigenvalue weighted by Crippen LogP contribution is 2.20. The summed E-state index contributed by atoms with van der Waals surface area (Å²) in [6.07, 6.45) is 0.772. The lowest BCUT2D eigenvalue weighted by Gasteiger charge is -2.15. The molecule has 2 N–H and O–H groups in total. The molecule has 1 saturated heterocycles. The number of aliphatic carboxylic acids is 1. The molecular weight excluding hydrogens is 282 g/mol. The van der Waals surface area contributed by atoms with Crippen molar-refractivity contribution in [2.24, 2.45) is 5.92 Å². The number of nitrogens with zero attached hydrogens (tertiary/aromatic N) is 1. The molecule has 5 nitrogen and oxygen atoms in total. The predicted molar refractivity (Wildman–Crippen MR) is 71.8 cm³/mol. The Morgan fingerprint density at radius 1 is 1.33 bits per heavy atom. The van der Waals surface area contributed by atoms with Crippen molar-refractivity contribution in [1.82, 2.24) is 4.90 Å². The molecule has 1 heterocycles. The van der Waals surface area contributed by atoms with E-state index < -0.39 is 29.2 Å². The number of carbonyl (C=O) groups excluding carboxylic acids is 1. The molecule has 1 aliphatic heterocycles. The Hall–Kier alpha value is -2.02. The Morgan fingerprint density at radius 3 is 2.62 bits per heavy atom. The van der Waals surface area contributed by atoms with Crippen LogP contribution in [0.1, 0.15) is 12.8 Å². The average molecular weight is 298 g/mol. The van der Waals surface area contributed by atoms with Gasteiger partial charge in [0.15, 0.2) is 0 Å². The molecule has 1 atom stereocenters. The molecule has 0 spiro atoms. The lowest BCUT2D eigenvalue weighted by Crippen LogP contribution is -2.32. The van der Waals surface area contributed by atoms with Gasteiger partial charge >= 0.3 is 5.97 Å². The molecule has 2 rings (SSSR count). The first-order valence-corrected chi connectivity index (χ1v) is 6.63. The number of para-hydroxylation sites is 1. The highest BCUT2D eigenvalue weighted by molar-refractivity contribution is 5.92. The van der Waals surface area contributed by atoms with Gasteiger partial charge in [0.2, 0.25) is 5.91 Å². The van der Waals surface area contributed by atoms with Crippen LogP contribution in [-0.2, 0) is 9.59 Å². The Morgan fingerprint density at radius 2 is 2.00 bits per heavy atom. The van der Waals surface area contributed by atoms with E-state index >= 15 is 0 Å². The summed E-state index contributed by atoms with van der Waals surface area (Å²) in [4.78, 5) is 24.2. The van der Waals surface area contributed by atoms with Crippen LogP contribution in [0.3, 0.4) is 0 Å². The lowest BCUT2D eigenvalue weighted by atomic mass is 10.1. The number of carboxylic acid groups (broad SMARTS) is 1. The van der Waals surface area contributed by atoms with E-state index in [-0.39, 0.29) is 18.9 Å². The van der Waals surface area contributed by atoms with Gasteiger partial charge in [-0.3, -0.25) is 14.5 Å². The van der Waals surface area contributed by atoms with E-state index in [0.717, 1.165) is 12.1 Å². The molecule has 1 aromatic carbocycles. The second-order valence-corrected chi connectivity index (χ2v) is 5.13. The summed E-state index contributed by atoms with van der Waals surface area (Å²) in [5, 5.41) is 10.9. The number of rotatable bonds is 5. The van der Waals surface area contributed by atoms with Crippen molar-refractivity contribution in [2.45, 2.75) is 12.8 Å². The number of carboxylic acids is 1. The second kappa shape index (κ2) is 6.62. The maximum atomic E-state index is 13.4. The summed E-state index contributed by atoms with van der Waals surface area (Å²) in [6, 6.07) is 3.35. The molecular formula is C14H16F2N2O3. The van der Waals surface area contributed by atoms with Crippen molar-refractivity contribution in [3.05, 3.63) is 29.8 Å². The zero-order valence-corrected chi connectivity index (χ0v) is 11.3. The van der Waals surface area contributed by atoms with Crippen molar-refractivity contribution in [1.29, 1.82) is 0 Å². The molecule has 7 heteroatoms. The fourth-order valence-electron chi connectivity index (χ4n) is 2.47. The van der Waals surface area contributed by atoms with Crippen LogP contribution in [0.15, 0.2) is 18.2 Å². The minimum Gasteiger partial charge on any atom is -0.481 e. The number of amides is 1. The highest BCUT2D eigenvalue weighted by Gasteiger charge is 2.26. The number of nitrogens with one attached hydrogen (secondary N) is 1. The molecule has 1 aromatic rings. The predicted octanol–water partition coefficient (Wildman–Crippen LogP) is 1.70. The van der Waals surface area contributed by atoms with Crippen LogP contribution >= 0.6 is 0 Å². The van der Waals surface area contributed by atoms with E-state index in [1.807, 2.05) is 0 Å². The molecule has 21 heavy (non-hydrogen) atoms. The first kappa shape index (κ1) is 15.4. The second-order valence-electron chi connectivity index (χ2n) is 5.13. The quantitative estimate of drug-likeness (QED) is 0.868. The van der Waals surface area contributed by atoms with Crippen LogP contribution in [0.2, 0.25) is 0 Å². The Bertz CT molecular complexity index is 531. The highest BCUT2D eigenvalue weighted by atomic mass is 19.1. The van der Waals surface area contributed by atoms with E-state index in [0.29, 0.717) is 19.5 Å². The number of benzene rings is 1. The summed E-state index contributed by atoms with van der Waals surface area (Å²) in [7, 11) is 0. The van der Waals surface area contributed by atoms with Gasteiger partial charge in [-0.25, -0.2) is 8.78 Å². The SMILES string of the molecule is O=C(O)CC1CCN(CC(=O)Nc2c(F)cccc2F)C1. The van der Waals surface area contributed by atoms with Gasteiger partial charge in [0.05, 0.1) is 6.54 Å². The number of hydrogen-bond donors (Lipinski definition) is 2. The molecule has 0 aromatic heterocycles. The molecule has 1 fully saturated rings. The minimum atomic E-state index is -0.861. The van der Waals surface area contributed by atoms with Crippen LogP contribution < -0.4 is 5.32 Å². The van der Waals surface area contributed by atoms with E-state index in [2.05, 4.69) is 5.32 Å². The van der Waals surface area contributed by atoms with Crippen molar-refractivity contribution in [2.75, 3.05) is 25.0 Å². The molecule has 1 unspecified atom stereocenters. The smallest absolute Gasteiger partial charge is 0.303 e. The first-order chi connectivity index (χ1) is 9.95. The zero-order chi connectivity index (χ0) is 15.4. The maximum absolute atomic E-state index is 13.4. The van der Waals surface area contributed by atoms with Gasteiger partial charge < -0.3 is 10.4 Å². The molecule has 1 aliphatic rings. The number of likely N-dealkylation sites (tertiary alicyclic amines) is 1. The maximum Gasteiger partial charge on any atom is 0.303 e. The summed E-state index contributed by atoms with van der Waals surface area (Å²) in [5.41, 5.74) is -0.455. The number of carbonyl (C=O) groups is 2.